The molecule has 1 aromatic carbocycles. The molecule has 1 aliphatic rings. The van der Waals surface area contributed by atoms with Gasteiger partial charge in [0, 0.05) is 5.02 Å². The smallest absolute Gasteiger partial charge is 0.245 e. The first-order valence-corrected chi connectivity index (χ1v) is 7.28. The van der Waals surface area contributed by atoms with Crippen molar-refractivity contribution >= 4 is 45.0 Å². The lowest BCUT2D eigenvalue weighted by Crippen LogP contribution is -2.53. The summed E-state index contributed by atoms with van der Waals surface area (Å²) in [5.74, 6) is -1.36. The molecule has 2 rings (SSSR count). The topological polar surface area (TPSA) is 83.6 Å². The van der Waals surface area contributed by atoms with Crippen LogP contribution in [-0.4, -0.2) is 37.6 Å². The van der Waals surface area contributed by atoms with Gasteiger partial charge in [-0.25, -0.2) is 8.42 Å². The molecule has 102 valence electrons. The molecule has 0 radical (unpaired) electrons. The largest absolute Gasteiger partial charge is 0.294 e. The number of nitrogens with one attached hydrogen (secondary N) is 1. The number of piperazine rings is 1. The maximum atomic E-state index is 12.3. The Morgan fingerprint density at radius 2 is 1.68 bits per heavy atom. The second-order valence-electron chi connectivity index (χ2n) is 3.82. The van der Waals surface area contributed by atoms with Crippen molar-refractivity contribution in [3.05, 3.63) is 28.2 Å². The second kappa shape index (κ2) is 5.09. The number of nitrogens with zero attached hydrogens (tertiary/aromatic N) is 1. The van der Waals surface area contributed by atoms with E-state index in [4.69, 9.17) is 23.2 Å². The minimum absolute atomic E-state index is 0.0252. The first-order valence-electron chi connectivity index (χ1n) is 5.08. The van der Waals surface area contributed by atoms with Crippen molar-refractivity contribution in [2.45, 2.75) is 4.90 Å². The Morgan fingerprint density at radius 3 is 2.26 bits per heavy atom. The number of hydrogen-bond acceptors (Lipinski definition) is 4. The first kappa shape index (κ1) is 14.3. The monoisotopic (exact) mass is 322 g/mol. The van der Waals surface area contributed by atoms with Gasteiger partial charge >= 0.3 is 0 Å². The van der Waals surface area contributed by atoms with Gasteiger partial charge in [0.15, 0.2) is 0 Å². The molecule has 1 N–H and O–H groups in total. The number of carbonyl (C=O) groups is 2. The third kappa shape index (κ3) is 2.89. The van der Waals surface area contributed by atoms with E-state index >= 15 is 0 Å². The van der Waals surface area contributed by atoms with Crippen molar-refractivity contribution in [2.75, 3.05) is 13.1 Å². The van der Waals surface area contributed by atoms with Gasteiger partial charge in [-0.1, -0.05) is 23.2 Å². The summed E-state index contributed by atoms with van der Waals surface area (Å²) in [6, 6.07) is 3.95. The molecule has 19 heavy (non-hydrogen) atoms. The molecule has 1 fully saturated rings. The zero-order chi connectivity index (χ0) is 14.2. The molecule has 0 aromatic heterocycles. The number of benzene rings is 1. The normalized spacial score (nSPS) is 17.4. The van der Waals surface area contributed by atoms with E-state index in [0.717, 1.165) is 4.31 Å². The summed E-state index contributed by atoms with van der Waals surface area (Å²) in [6.45, 7) is -0.867. The minimum Gasteiger partial charge on any atom is -0.294 e. The SMILES string of the molecule is O=C1CN(S(=O)(=O)c2cc(Cl)ccc2Cl)CC(=O)N1. The van der Waals surface area contributed by atoms with E-state index in [2.05, 4.69) is 0 Å². The molecule has 1 saturated heterocycles. The van der Waals surface area contributed by atoms with Crippen molar-refractivity contribution in [3.63, 3.8) is 0 Å². The predicted molar refractivity (Wildman–Crippen MR) is 68.4 cm³/mol. The van der Waals surface area contributed by atoms with Crippen LogP contribution < -0.4 is 5.32 Å². The van der Waals surface area contributed by atoms with E-state index in [1.165, 1.54) is 18.2 Å². The van der Waals surface area contributed by atoms with Crippen LogP contribution in [0.5, 0.6) is 0 Å². The lowest BCUT2D eigenvalue weighted by Gasteiger charge is -2.25. The lowest BCUT2D eigenvalue weighted by atomic mass is 10.4. The average Bonchev–Trinajstić information content (AvgIpc) is 2.31. The Hall–Kier alpha value is -1.15. The maximum absolute atomic E-state index is 12.3. The van der Waals surface area contributed by atoms with E-state index in [0.29, 0.717) is 0 Å². The predicted octanol–water partition coefficient (Wildman–Crippen LogP) is 0.640. The molecule has 6 nitrogen and oxygen atoms in total. The van der Waals surface area contributed by atoms with Crippen LogP contribution in [0, 0.1) is 0 Å². The van der Waals surface area contributed by atoms with Crippen LogP contribution >= 0.6 is 23.2 Å². The summed E-state index contributed by atoms with van der Waals surface area (Å²) in [5, 5.41) is 2.18. The molecule has 0 atom stereocenters. The van der Waals surface area contributed by atoms with Crippen molar-refractivity contribution in [3.8, 4) is 0 Å². The van der Waals surface area contributed by atoms with E-state index < -0.39 is 34.9 Å². The molecule has 0 saturated carbocycles. The van der Waals surface area contributed by atoms with E-state index in [-0.39, 0.29) is 14.9 Å². The summed E-state index contributed by atoms with van der Waals surface area (Å²) in [4.78, 5) is 22.2. The number of sulfonamides is 1. The van der Waals surface area contributed by atoms with E-state index in [1.54, 1.807) is 0 Å². The van der Waals surface area contributed by atoms with Crippen LogP contribution in [0.4, 0.5) is 0 Å². The molecule has 1 aromatic rings. The highest BCUT2D eigenvalue weighted by atomic mass is 35.5. The third-order valence-electron chi connectivity index (χ3n) is 2.43. The Morgan fingerprint density at radius 1 is 1.11 bits per heavy atom. The molecule has 1 aliphatic heterocycles. The maximum Gasteiger partial charge on any atom is 0.245 e. The quantitative estimate of drug-likeness (QED) is 0.810. The third-order valence-corrected chi connectivity index (χ3v) is 4.94. The van der Waals surface area contributed by atoms with Crippen LogP contribution in [0.1, 0.15) is 0 Å². The van der Waals surface area contributed by atoms with Gasteiger partial charge in [0.2, 0.25) is 21.8 Å². The number of rotatable bonds is 2. The van der Waals surface area contributed by atoms with Crippen molar-refractivity contribution in [2.24, 2.45) is 0 Å². The highest BCUT2D eigenvalue weighted by molar-refractivity contribution is 7.89. The molecule has 0 unspecified atom stereocenters. The molecule has 2 amide bonds. The van der Waals surface area contributed by atoms with Crippen LogP contribution in [0.25, 0.3) is 0 Å². The number of hydrogen-bond donors (Lipinski definition) is 1. The number of carbonyl (C=O) groups excluding carboxylic acids is 2. The van der Waals surface area contributed by atoms with Gasteiger partial charge in [-0.3, -0.25) is 14.9 Å². The molecule has 9 heteroatoms. The van der Waals surface area contributed by atoms with Gasteiger partial charge in [0.25, 0.3) is 0 Å². The van der Waals surface area contributed by atoms with Crippen molar-refractivity contribution in [1.82, 2.24) is 9.62 Å². The van der Waals surface area contributed by atoms with Gasteiger partial charge in [0.1, 0.15) is 4.90 Å². The lowest BCUT2D eigenvalue weighted by molar-refractivity contribution is -0.134. The summed E-state index contributed by atoms with van der Waals surface area (Å²) in [7, 11) is -4.05. The van der Waals surface area contributed by atoms with Crippen LogP contribution in [-0.2, 0) is 19.6 Å². The van der Waals surface area contributed by atoms with Crippen molar-refractivity contribution < 1.29 is 18.0 Å². The minimum atomic E-state index is -4.05. The Kier molecular flexibility index (Phi) is 3.82. The van der Waals surface area contributed by atoms with Gasteiger partial charge in [-0.2, -0.15) is 4.31 Å². The number of halogens is 2. The highest BCUT2D eigenvalue weighted by Crippen LogP contribution is 2.27. The fourth-order valence-electron chi connectivity index (χ4n) is 1.59. The van der Waals surface area contributed by atoms with Gasteiger partial charge < -0.3 is 0 Å². The Labute approximate surface area is 119 Å². The van der Waals surface area contributed by atoms with Gasteiger partial charge in [0.05, 0.1) is 18.1 Å². The number of amides is 2. The van der Waals surface area contributed by atoms with Crippen LogP contribution in [0.15, 0.2) is 23.1 Å². The summed E-state index contributed by atoms with van der Waals surface area (Å²) in [5.41, 5.74) is 0. The van der Waals surface area contributed by atoms with Crippen LogP contribution in [0.3, 0.4) is 0 Å². The molecule has 0 bridgehead atoms. The molecule has 0 aliphatic carbocycles. The first-order chi connectivity index (χ1) is 8.80. The van der Waals surface area contributed by atoms with Crippen LogP contribution in [0.2, 0.25) is 10.0 Å². The second-order valence-corrected chi connectivity index (χ2v) is 6.57. The summed E-state index contributed by atoms with van der Waals surface area (Å²) < 4.78 is 25.4. The standard InChI is InChI=1S/C10H8Cl2N2O4S/c11-6-1-2-7(12)8(3-6)19(17,18)14-4-9(15)13-10(16)5-14/h1-3H,4-5H2,(H,13,15,16). The highest BCUT2D eigenvalue weighted by Gasteiger charge is 2.34. The zero-order valence-electron chi connectivity index (χ0n) is 9.39. The summed E-state index contributed by atoms with van der Waals surface area (Å²) in [6.07, 6.45) is 0. The zero-order valence-corrected chi connectivity index (χ0v) is 11.7. The van der Waals surface area contributed by atoms with Gasteiger partial charge in [-0.15, -0.1) is 0 Å². The fraction of sp³-hybridized carbons (Fsp3) is 0.200. The van der Waals surface area contributed by atoms with Gasteiger partial charge in [-0.05, 0) is 18.2 Å². The summed E-state index contributed by atoms with van der Waals surface area (Å²) >= 11 is 11.6. The molecular formula is C10H8Cl2N2O4S. The fourth-order valence-corrected chi connectivity index (χ4v) is 3.68. The Balaban J connectivity index is 2.44. The average molecular weight is 323 g/mol. The Bertz CT molecular complexity index is 643. The van der Waals surface area contributed by atoms with E-state index in [1.807, 2.05) is 5.32 Å². The van der Waals surface area contributed by atoms with Crippen molar-refractivity contribution in [1.29, 1.82) is 0 Å². The molecular weight excluding hydrogens is 315 g/mol. The molecule has 0 spiro atoms. The van der Waals surface area contributed by atoms with E-state index in [9.17, 15) is 18.0 Å². The molecule has 1 heterocycles. The number of imide groups is 1.